The molecule has 0 saturated carbocycles. The molecule has 1 aromatic rings. The predicted molar refractivity (Wildman–Crippen MR) is 79.4 cm³/mol. The van der Waals surface area contributed by atoms with Crippen LogP contribution in [0.4, 0.5) is 0 Å². The fraction of sp³-hybridized carbons (Fsp3) is 0.467. The van der Waals surface area contributed by atoms with Crippen molar-refractivity contribution in [3.05, 3.63) is 34.3 Å². The number of benzene rings is 1. The van der Waals surface area contributed by atoms with Crippen LogP contribution in [0.1, 0.15) is 32.8 Å². The number of carbonyl (C=O) groups is 2. The van der Waals surface area contributed by atoms with Crippen LogP contribution in [0.3, 0.4) is 0 Å². The van der Waals surface area contributed by atoms with Crippen molar-refractivity contribution in [1.29, 1.82) is 0 Å². The second kappa shape index (κ2) is 7.43. The summed E-state index contributed by atoms with van der Waals surface area (Å²) in [6.07, 6.45) is 0.284. The van der Waals surface area contributed by atoms with Gasteiger partial charge in [-0.05, 0) is 38.0 Å². The van der Waals surface area contributed by atoms with E-state index >= 15 is 0 Å². The molecule has 20 heavy (non-hydrogen) atoms. The third kappa shape index (κ3) is 3.20. The van der Waals surface area contributed by atoms with Crippen LogP contribution in [0.2, 0.25) is 0 Å². The topological polar surface area (TPSA) is 52.6 Å². The summed E-state index contributed by atoms with van der Waals surface area (Å²) >= 11 is 3.34. The van der Waals surface area contributed by atoms with Gasteiger partial charge in [-0.3, -0.25) is 9.59 Å². The zero-order chi connectivity index (χ0) is 15.2. The molecule has 0 fully saturated rings. The highest BCUT2D eigenvalue weighted by Gasteiger charge is 2.49. The molecular weight excluding hydrogens is 324 g/mol. The van der Waals surface area contributed by atoms with Crippen LogP contribution < -0.4 is 0 Å². The second-order valence-corrected chi connectivity index (χ2v) is 5.12. The Morgan fingerprint density at radius 2 is 1.45 bits per heavy atom. The number of halogens is 1. The highest BCUT2D eigenvalue weighted by Crippen LogP contribution is 2.32. The van der Waals surface area contributed by atoms with Crippen molar-refractivity contribution >= 4 is 27.9 Å². The molecule has 0 radical (unpaired) electrons. The van der Waals surface area contributed by atoms with Gasteiger partial charge in [0.25, 0.3) is 0 Å². The lowest BCUT2D eigenvalue weighted by atomic mass is 9.78. The molecule has 0 N–H and O–H groups in total. The Morgan fingerprint density at radius 1 is 1.00 bits per heavy atom. The molecule has 0 atom stereocenters. The summed E-state index contributed by atoms with van der Waals surface area (Å²) in [4.78, 5) is 24.7. The third-order valence-corrected chi connectivity index (χ3v) is 3.64. The average Bonchev–Trinajstić information content (AvgIpc) is 2.43. The maximum absolute atomic E-state index is 12.4. The lowest BCUT2D eigenvalue weighted by Gasteiger charge is -2.28. The lowest BCUT2D eigenvalue weighted by molar-refractivity contribution is -0.165. The average molecular weight is 343 g/mol. The van der Waals surface area contributed by atoms with Crippen LogP contribution in [0.5, 0.6) is 0 Å². The summed E-state index contributed by atoms with van der Waals surface area (Å²) in [5, 5.41) is 0. The first kappa shape index (κ1) is 16.7. The fourth-order valence-corrected chi connectivity index (χ4v) is 2.32. The van der Waals surface area contributed by atoms with Gasteiger partial charge in [0.15, 0.2) is 5.41 Å². The molecule has 0 unspecified atom stereocenters. The number of rotatable bonds is 6. The largest absolute Gasteiger partial charge is 0.465 e. The third-order valence-electron chi connectivity index (χ3n) is 3.12. The van der Waals surface area contributed by atoms with E-state index in [4.69, 9.17) is 9.47 Å². The monoisotopic (exact) mass is 342 g/mol. The first-order valence-corrected chi connectivity index (χ1v) is 7.42. The van der Waals surface area contributed by atoms with E-state index in [1.54, 1.807) is 45.0 Å². The molecule has 0 aliphatic heterocycles. The second-order valence-electron chi connectivity index (χ2n) is 4.21. The number of ether oxygens (including phenoxy) is 2. The van der Waals surface area contributed by atoms with E-state index in [0.717, 1.165) is 4.47 Å². The SMILES string of the molecule is CCOC(=O)C(CC)(C(=O)OCC)c1ccc(Br)cc1. The van der Waals surface area contributed by atoms with E-state index in [0.29, 0.717) is 5.56 Å². The predicted octanol–water partition coefficient (Wildman–Crippen LogP) is 3.22. The summed E-state index contributed by atoms with van der Waals surface area (Å²) in [6.45, 7) is 5.64. The smallest absolute Gasteiger partial charge is 0.328 e. The van der Waals surface area contributed by atoms with E-state index in [2.05, 4.69) is 15.9 Å². The highest BCUT2D eigenvalue weighted by molar-refractivity contribution is 9.10. The van der Waals surface area contributed by atoms with Crippen molar-refractivity contribution in [2.75, 3.05) is 13.2 Å². The summed E-state index contributed by atoms with van der Waals surface area (Å²) in [6, 6.07) is 7.05. The maximum Gasteiger partial charge on any atom is 0.328 e. The molecule has 0 bridgehead atoms. The van der Waals surface area contributed by atoms with Gasteiger partial charge in [0.05, 0.1) is 13.2 Å². The Hall–Kier alpha value is -1.36. The van der Waals surface area contributed by atoms with Gasteiger partial charge in [0.2, 0.25) is 0 Å². The van der Waals surface area contributed by atoms with Crippen LogP contribution in [0, 0.1) is 0 Å². The molecule has 1 rings (SSSR count). The van der Waals surface area contributed by atoms with Crippen LogP contribution in [0.25, 0.3) is 0 Å². The van der Waals surface area contributed by atoms with Crippen molar-refractivity contribution in [3.8, 4) is 0 Å². The molecular formula is C15H19BrO4. The Labute approximate surface area is 127 Å². The van der Waals surface area contributed by atoms with Gasteiger partial charge in [-0.25, -0.2) is 0 Å². The lowest BCUT2D eigenvalue weighted by Crippen LogP contribution is -2.45. The molecule has 0 aliphatic carbocycles. The van der Waals surface area contributed by atoms with Crippen molar-refractivity contribution in [1.82, 2.24) is 0 Å². The zero-order valence-corrected chi connectivity index (χ0v) is 13.5. The van der Waals surface area contributed by atoms with Gasteiger partial charge in [-0.15, -0.1) is 0 Å². The molecule has 0 aromatic heterocycles. The molecule has 4 nitrogen and oxygen atoms in total. The van der Waals surface area contributed by atoms with Gasteiger partial charge in [-0.1, -0.05) is 35.0 Å². The Kier molecular flexibility index (Phi) is 6.20. The summed E-state index contributed by atoms with van der Waals surface area (Å²) < 4.78 is 11.1. The van der Waals surface area contributed by atoms with Crippen molar-refractivity contribution < 1.29 is 19.1 Å². The van der Waals surface area contributed by atoms with E-state index in [1.807, 2.05) is 0 Å². The highest BCUT2D eigenvalue weighted by atomic mass is 79.9. The molecule has 0 heterocycles. The van der Waals surface area contributed by atoms with Crippen LogP contribution in [0.15, 0.2) is 28.7 Å². The van der Waals surface area contributed by atoms with E-state index in [1.165, 1.54) is 0 Å². The van der Waals surface area contributed by atoms with Gasteiger partial charge < -0.3 is 9.47 Å². The summed E-state index contributed by atoms with van der Waals surface area (Å²) in [5.41, 5.74) is -0.813. The van der Waals surface area contributed by atoms with Gasteiger partial charge in [-0.2, -0.15) is 0 Å². The molecule has 0 spiro atoms. The molecule has 0 amide bonds. The standard InChI is InChI=1S/C15H19BrO4/c1-4-15(13(17)19-5-2,14(18)20-6-3)11-7-9-12(16)10-8-11/h7-10H,4-6H2,1-3H3. The summed E-state index contributed by atoms with van der Waals surface area (Å²) in [5.74, 6) is -1.13. The first-order chi connectivity index (χ1) is 9.52. The molecule has 0 aliphatic rings. The van der Waals surface area contributed by atoms with Crippen LogP contribution >= 0.6 is 15.9 Å². The normalized spacial score (nSPS) is 11.0. The maximum atomic E-state index is 12.4. The van der Waals surface area contributed by atoms with Crippen molar-refractivity contribution in [2.24, 2.45) is 0 Å². The number of carbonyl (C=O) groups excluding carboxylic acids is 2. The number of esters is 2. The number of hydrogen-bond donors (Lipinski definition) is 0. The minimum Gasteiger partial charge on any atom is -0.465 e. The fourth-order valence-electron chi connectivity index (χ4n) is 2.05. The molecule has 1 aromatic carbocycles. The molecule has 5 heteroatoms. The minimum absolute atomic E-state index is 0.219. The first-order valence-electron chi connectivity index (χ1n) is 6.63. The van der Waals surface area contributed by atoms with E-state index in [9.17, 15) is 9.59 Å². The van der Waals surface area contributed by atoms with Gasteiger partial charge >= 0.3 is 11.9 Å². The Balaban J connectivity index is 3.33. The zero-order valence-electron chi connectivity index (χ0n) is 11.9. The quantitative estimate of drug-likeness (QED) is 0.588. The van der Waals surface area contributed by atoms with Crippen molar-refractivity contribution in [2.45, 2.75) is 32.6 Å². The molecule has 0 saturated heterocycles. The Bertz CT molecular complexity index is 449. The van der Waals surface area contributed by atoms with Crippen molar-refractivity contribution in [3.63, 3.8) is 0 Å². The van der Waals surface area contributed by atoms with Gasteiger partial charge in [0.1, 0.15) is 0 Å². The van der Waals surface area contributed by atoms with Crippen LogP contribution in [-0.2, 0) is 24.5 Å². The van der Waals surface area contributed by atoms with Crippen LogP contribution in [-0.4, -0.2) is 25.2 Å². The Morgan fingerprint density at radius 3 is 1.80 bits per heavy atom. The van der Waals surface area contributed by atoms with Gasteiger partial charge in [0, 0.05) is 4.47 Å². The minimum atomic E-state index is -1.40. The number of hydrogen-bond acceptors (Lipinski definition) is 4. The van der Waals surface area contributed by atoms with E-state index in [-0.39, 0.29) is 19.6 Å². The van der Waals surface area contributed by atoms with E-state index < -0.39 is 17.4 Å². The molecule has 110 valence electrons. The summed E-state index contributed by atoms with van der Waals surface area (Å²) in [7, 11) is 0.